The summed E-state index contributed by atoms with van der Waals surface area (Å²) in [6.07, 6.45) is 1.11. The van der Waals surface area contributed by atoms with Gasteiger partial charge >= 0.3 is 0 Å². The first kappa shape index (κ1) is 20.3. The van der Waals surface area contributed by atoms with Crippen LogP contribution in [-0.4, -0.2) is 66.6 Å². The smallest absolute Gasteiger partial charge is 0.291 e. The maximum Gasteiger partial charge on any atom is 0.291 e. The molecule has 3 aromatic rings. The minimum absolute atomic E-state index is 0.0127. The number of anilines is 1. The second-order valence-electron chi connectivity index (χ2n) is 8.09. The Kier molecular flexibility index (Phi) is 5.39. The minimum Gasteiger partial charge on any atom is -0.337 e. The van der Waals surface area contributed by atoms with Gasteiger partial charge in [-0.2, -0.15) is 5.10 Å². The molecule has 0 spiro atoms. The zero-order chi connectivity index (χ0) is 22.1. The molecular weight excluding hydrogens is 415 g/mol. The molecule has 2 aliphatic rings. The first-order valence-electron chi connectivity index (χ1n) is 10.5. The first-order chi connectivity index (χ1) is 15.5. The van der Waals surface area contributed by atoms with Crippen molar-refractivity contribution in [3.63, 3.8) is 0 Å². The number of benzene rings is 1. The number of rotatable bonds is 6. The SMILES string of the molecule is O=C(NC1CCn2nc(CN3CC(F)C3)cc2NC1=O)c1ncn(Cc2ccccc2)n1. The van der Waals surface area contributed by atoms with Crippen molar-refractivity contribution in [1.29, 1.82) is 0 Å². The predicted octanol–water partition coefficient (Wildman–Crippen LogP) is 0.817. The highest BCUT2D eigenvalue weighted by Gasteiger charge is 2.30. The van der Waals surface area contributed by atoms with E-state index >= 15 is 0 Å². The monoisotopic (exact) mass is 438 g/mol. The van der Waals surface area contributed by atoms with Gasteiger partial charge in [-0.1, -0.05) is 30.3 Å². The number of nitrogens with one attached hydrogen (secondary N) is 2. The van der Waals surface area contributed by atoms with Crippen molar-refractivity contribution in [3.05, 3.63) is 59.8 Å². The fraction of sp³-hybridized carbons (Fsp3) is 0.381. The van der Waals surface area contributed by atoms with Crippen LogP contribution in [0.1, 0.15) is 28.3 Å². The van der Waals surface area contributed by atoms with Gasteiger partial charge in [-0.3, -0.25) is 14.5 Å². The van der Waals surface area contributed by atoms with E-state index in [2.05, 4.69) is 25.8 Å². The maximum absolute atomic E-state index is 13.0. The summed E-state index contributed by atoms with van der Waals surface area (Å²) in [5.41, 5.74) is 1.82. The highest BCUT2D eigenvalue weighted by Crippen LogP contribution is 2.20. The van der Waals surface area contributed by atoms with Crippen molar-refractivity contribution in [2.45, 2.75) is 38.3 Å². The number of amides is 2. The Morgan fingerprint density at radius 1 is 1.19 bits per heavy atom. The molecule has 2 aromatic heterocycles. The van der Waals surface area contributed by atoms with E-state index in [0.717, 1.165) is 11.3 Å². The lowest BCUT2D eigenvalue weighted by molar-refractivity contribution is -0.118. The summed E-state index contributed by atoms with van der Waals surface area (Å²) in [4.78, 5) is 31.3. The number of aromatic nitrogens is 5. The van der Waals surface area contributed by atoms with Crippen LogP contribution in [-0.2, 0) is 24.4 Å². The summed E-state index contributed by atoms with van der Waals surface area (Å²) >= 11 is 0. The third-order valence-electron chi connectivity index (χ3n) is 5.56. The molecule has 1 unspecified atom stereocenters. The van der Waals surface area contributed by atoms with Crippen LogP contribution in [0.15, 0.2) is 42.7 Å². The lowest BCUT2D eigenvalue weighted by atomic mass is 10.2. The molecular formula is C21H23FN8O2. The Morgan fingerprint density at radius 2 is 2.00 bits per heavy atom. The molecule has 2 N–H and O–H groups in total. The Hall–Kier alpha value is -3.60. The number of halogens is 1. The molecule has 2 aliphatic heterocycles. The van der Waals surface area contributed by atoms with Gasteiger partial charge in [-0.05, 0) is 12.0 Å². The van der Waals surface area contributed by atoms with E-state index in [-0.39, 0.29) is 11.7 Å². The number of likely N-dealkylation sites (tertiary alicyclic amines) is 1. The molecule has 0 radical (unpaired) electrons. The molecule has 1 fully saturated rings. The summed E-state index contributed by atoms with van der Waals surface area (Å²) in [7, 11) is 0. The number of aryl methyl sites for hydroxylation is 1. The van der Waals surface area contributed by atoms with Gasteiger partial charge < -0.3 is 10.6 Å². The molecule has 2 amide bonds. The average Bonchev–Trinajstić information content (AvgIpc) is 3.34. The number of hydrogen-bond donors (Lipinski definition) is 2. The Bertz CT molecular complexity index is 1120. The molecule has 11 heteroatoms. The molecule has 1 saturated heterocycles. The lowest BCUT2D eigenvalue weighted by Crippen LogP contribution is -2.47. The van der Waals surface area contributed by atoms with Crippen LogP contribution in [0.5, 0.6) is 0 Å². The topological polar surface area (TPSA) is 110 Å². The van der Waals surface area contributed by atoms with E-state index in [4.69, 9.17) is 0 Å². The van der Waals surface area contributed by atoms with Gasteiger partial charge in [0, 0.05) is 32.2 Å². The van der Waals surface area contributed by atoms with Gasteiger partial charge in [0.25, 0.3) is 5.91 Å². The molecule has 0 saturated carbocycles. The lowest BCUT2D eigenvalue weighted by Gasteiger charge is -2.33. The molecule has 10 nitrogen and oxygen atoms in total. The van der Waals surface area contributed by atoms with Crippen molar-refractivity contribution in [2.75, 3.05) is 18.4 Å². The second-order valence-corrected chi connectivity index (χ2v) is 8.09. The number of hydrogen-bond acceptors (Lipinski definition) is 6. The van der Waals surface area contributed by atoms with Crippen LogP contribution in [0.3, 0.4) is 0 Å². The van der Waals surface area contributed by atoms with Crippen LogP contribution >= 0.6 is 0 Å². The van der Waals surface area contributed by atoms with Gasteiger partial charge in [0.2, 0.25) is 11.7 Å². The highest BCUT2D eigenvalue weighted by atomic mass is 19.1. The van der Waals surface area contributed by atoms with E-state index in [9.17, 15) is 14.0 Å². The van der Waals surface area contributed by atoms with Gasteiger partial charge in [-0.15, -0.1) is 5.10 Å². The summed E-state index contributed by atoms with van der Waals surface area (Å²) in [6, 6.07) is 10.8. The van der Waals surface area contributed by atoms with Crippen molar-refractivity contribution < 1.29 is 14.0 Å². The fourth-order valence-corrected chi connectivity index (χ4v) is 3.89. The predicted molar refractivity (Wildman–Crippen MR) is 112 cm³/mol. The molecule has 1 aromatic carbocycles. The van der Waals surface area contributed by atoms with Crippen molar-refractivity contribution in [2.24, 2.45) is 0 Å². The van der Waals surface area contributed by atoms with Crippen LogP contribution in [0, 0.1) is 0 Å². The highest BCUT2D eigenvalue weighted by molar-refractivity contribution is 5.99. The zero-order valence-corrected chi connectivity index (χ0v) is 17.3. The molecule has 166 valence electrons. The van der Waals surface area contributed by atoms with Crippen molar-refractivity contribution in [3.8, 4) is 0 Å². The largest absolute Gasteiger partial charge is 0.337 e. The molecule has 4 heterocycles. The van der Waals surface area contributed by atoms with Gasteiger partial charge in [0.1, 0.15) is 24.4 Å². The van der Waals surface area contributed by atoms with Crippen molar-refractivity contribution >= 4 is 17.6 Å². The van der Waals surface area contributed by atoms with E-state index in [1.54, 1.807) is 15.4 Å². The fourth-order valence-electron chi connectivity index (χ4n) is 3.89. The van der Waals surface area contributed by atoms with Crippen LogP contribution in [0.2, 0.25) is 0 Å². The third kappa shape index (κ3) is 4.37. The zero-order valence-electron chi connectivity index (χ0n) is 17.3. The van der Waals surface area contributed by atoms with E-state index in [1.165, 1.54) is 6.33 Å². The number of carbonyl (C=O) groups is 2. The number of alkyl halides is 1. The summed E-state index contributed by atoms with van der Waals surface area (Å²) < 4.78 is 16.3. The second kappa shape index (κ2) is 8.50. The quantitative estimate of drug-likeness (QED) is 0.590. The Balaban J connectivity index is 1.18. The van der Waals surface area contributed by atoms with Crippen LogP contribution < -0.4 is 10.6 Å². The van der Waals surface area contributed by atoms with Crippen LogP contribution in [0.25, 0.3) is 0 Å². The number of carbonyl (C=O) groups excluding carboxylic acids is 2. The normalized spacial score (nSPS) is 19.0. The summed E-state index contributed by atoms with van der Waals surface area (Å²) in [5, 5.41) is 14.3. The third-order valence-corrected chi connectivity index (χ3v) is 5.56. The van der Waals surface area contributed by atoms with Gasteiger partial charge in [-0.25, -0.2) is 18.7 Å². The molecule has 0 bridgehead atoms. The Labute approximate surface area is 183 Å². The number of nitrogens with zero attached hydrogens (tertiary/aromatic N) is 6. The summed E-state index contributed by atoms with van der Waals surface area (Å²) in [5.74, 6) is -0.237. The molecule has 0 aliphatic carbocycles. The minimum atomic E-state index is -0.765. The Morgan fingerprint density at radius 3 is 2.78 bits per heavy atom. The van der Waals surface area contributed by atoms with Gasteiger partial charge in [0.05, 0.1) is 12.2 Å². The van der Waals surface area contributed by atoms with E-state index < -0.39 is 18.1 Å². The molecule has 5 rings (SSSR count). The van der Waals surface area contributed by atoms with E-state index in [1.807, 2.05) is 35.2 Å². The average molecular weight is 438 g/mol. The summed E-state index contributed by atoms with van der Waals surface area (Å²) in [6.45, 7) is 2.34. The van der Waals surface area contributed by atoms with Crippen molar-refractivity contribution in [1.82, 2.24) is 34.8 Å². The molecule has 1 atom stereocenters. The first-order valence-corrected chi connectivity index (χ1v) is 10.5. The molecule has 32 heavy (non-hydrogen) atoms. The van der Waals surface area contributed by atoms with Gasteiger partial charge in [0.15, 0.2) is 0 Å². The standard InChI is InChI=1S/C21H23FN8O2/c22-15-10-28(11-15)12-16-8-18-25-20(31)17(6-7-30(18)26-16)24-21(32)19-23-13-29(27-19)9-14-4-2-1-3-5-14/h1-5,8,13,15,17H,6-7,9-12H2,(H,24,32)(H,25,31). The van der Waals surface area contributed by atoms with E-state index in [0.29, 0.717) is 45.0 Å². The number of fused-ring (bicyclic) bond motifs is 1. The van der Waals surface area contributed by atoms with Crippen LogP contribution in [0.4, 0.5) is 10.2 Å². The maximum atomic E-state index is 13.0.